The first-order valence-electron chi connectivity index (χ1n) is 9.00. The first-order chi connectivity index (χ1) is 12.4. The molecule has 2 aromatic rings. The summed E-state index contributed by atoms with van der Waals surface area (Å²) in [5, 5.41) is 0. The van der Waals surface area contributed by atoms with Gasteiger partial charge in [0.15, 0.2) is 0 Å². The van der Waals surface area contributed by atoms with Crippen LogP contribution in [-0.2, 0) is 0 Å². The highest BCUT2D eigenvalue weighted by molar-refractivity contribution is 5.82. The monoisotopic (exact) mass is 336 g/mol. The lowest BCUT2D eigenvalue weighted by Gasteiger charge is -1.99. The molecule has 0 spiro atoms. The average molecular weight is 336 g/mol. The number of allylic oxidation sites excluding steroid dienone is 3. The van der Waals surface area contributed by atoms with E-state index in [9.17, 15) is 0 Å². The van der Waals surface area contributed by atoms with Gasteiger partial charge in [0.2, 0.25) is 0 Å². The quantitative estimate of drug-likeness (QED) is 0.570. The minimum Gasteiger partial charge on any atom is -0.454 e. The van der Waals surface area contributed by atoms with Gasteiger partial charge in [0.1, 0.15) is 11.5 Å². The van der Waals surface area contributed by atoms with Crippen LogP contribution < -0.4 is 0 Å². The van der Waals surface area contributed by atoms with Crippen LogP contribution in [0.1, 0.15) is 52.1 Å². The van der Waals surface area contributed by atoms with Gasteiger partial charge in [-0.3, -0.25) is 9.98 Å². The second kappa shape index (κ2) is 12.7. The number of hydrogen-bond acceptors (Lipinski definition) is 3. The lowest BCUT2D eigenvalue weighted by Crippen LogP contribution is -1.83. The molecule has 3 nitrogen and oxygen atoms in total. The molecule has 1 aliphatic carbocycles. The van der Waals surface area contributed by atoms with Crippen LogP contribution in [0.4, 0.5) is 5.69 Å². The molecule has 0 saturated heterocycles. The number of para-hydroxylation sites is 1. The Kier molecular flexibility index (Phi) is 10.4. The van der Waals surface area contributed by atoms with Crippen molar-refractivity contribution >= 4 is 18.1 Å². The minimum atomic E-state index is 0.716. The van der Waals surface area contributed by atoms with Crippen LogP contribution in [0.5, 0.6) is 0 Å². The molecule has 0 radical (unpaired) electrons. The Bertz CT molecular complexity index is 707. The van der Waals surface area contributed by atoms with E-state index in [0.717, 1.165) is 30.0 Å². The molecule has 0 atom stereocenters. The highest BCUT2D eigenvalue weighted by Gasteiger charge is 1.98. The molecule has 3 rings (SSSR count). The maximum atomic E-state index is 5.65. The highest BCUT2D eigenvalue weighted by Crippen LogP contribution is 2.13. The molecule has 0 unspecified atom stereocenters. The normalized spacial score (nSPS) is 13.0. The van der Waals surface area contributed by atoms with Gasteiger partial charge in [0.25, 0.3) is 0 Å². The van der Waals surface area contributed by atoms with E-state index in [1.807, 2.05) is 76.2 Å². The summed E-state index contributed by atoms with van der Waals surface area (Å²) in [7, 11) is 0. The van der Waals surface area contributed by atoms with Gasteiger partial charge in [-0.2, -0.15) is 0 Å². The standard InChI is InChI=1S/C18H16N2O.2C2H6/c1-3-7-15(8-4-1)19-13-17-11-12-18(21-17)14-20-16-9-5-2-6-10-16;2*1-2/h1,3-5,7-14H,2,6H2;2*1-2H3. The van der Waals surface area contributed by atoms with E-state index in [0.29, 0.717) is 5.76 Å². The van der Waals surface area contributed by atoms with Crippen LogP contribution in [-0.4, -0.2) is 12.4 Å². The lowest BCUT2D eigenvalue weighted by atomic mass is 10.1. The van der Waals surface area contributed by atoms with Crippen LogP contribution in [0.15, 0.2) is 80.8 Å². The van der Waals surface area contributed by atoms with Crippen LogP contribution in [0.2, 0.25) is 0 Å². The zero-order valence-electron chi connectivity index (χ0n) is 15.6. The molecule has 3 heteroatoms. The van der Waals surface area contributed by atoms with E-state index in [4.69, 9.17) is 4.42 Å². The summed E-state index contributed by atoms with van der Waals surface area (Å²) in [4.78, 5) is 8.75. The Balaban J connectivity index is 0.000000730. The molecule has 1 heterocycles. The second-order valence-corrected chi connectivity index (χ2v) is 4.70. The zero-order valence-corrected chi connectivity index (χ0v) is 15.6. The van der Waals surface area contributed by atoms with E-state index in [1.165, 1.54) is 0 Å². The van der Waals surface area contributed by atoms with E-state index >= 15 is 0 Å². The van der Waals surface area contributed by atoms with E-state index in [-0.39, 0.29) is 0 Å². The number of nitrogens with zero attached hydrogens (tertiary/aromatic N) is 2. The van der Waals surface area contributed by atoms with Crippen LogP contribution in [0.3, 0.4) is 0 Å². The van der Waals surface area contributed by atoms with Gasteiger partial charge in [0.05, 0.1) is 23.8 Å². The molecule has 1 aliphatic rings. The van der Waals surface area contributed by atoms with Crippen molar-refractivity contribution in [3.8, 4) is 0 Å². The average Bonchev–Trinajstić information content (AvgIpc) is 3.17. The molecule has 0 bridgehead atoms. The van der Waals surface area contributed by atoms with Gasteiger partial charge in [-0.15, -0.1) is 0 Å². The fourth-order valence-corrected chi connectivity index (χ4v) is 1.99. The Morgan fingerprint density at radius 3 is 2.04 bits per heavy atom. The summed E-state index contributed by atoms with van der Waals surface area (Å²) < 4.78 is 5.65. The Hall–Kier alpha value is -2.68. The fraction of sp³-hybridized carbons (Fsp3) is 0.273. The number of benzene rings is 1. The molecule has 25 heavy (non-hydrogen) atoms. The zero-order chi connectivity index (χ0) is 18.3. The summed E-state index contributed by atoms with van der Waals surface area (Å²) in [5.41, 5.74) is 1.89. The smallest absolute Gasteiger partial charge is 0.145 e. The van der Waals surface area contributed by atoms with E-state index < -0.39 is 0 Å². The number of aliphatic imine (C=N–C) groups is 2. The number of hydrogen-bond donors (Lipinski definition) is 0. The molecular formula is C22H28N2O. The van der Waals surface area contributed by atoms with Crippen molar-refractivity contribution in [2.24, 2.45) is 9.98 Å². The fourth-order valence-electron chi connectivity index (χ4n) is 1.99. The van der Waals surface area contributed by atoms with Crippen molar-refractivity contribution in [3.05, 3.63) is 77.9 Å². The van der Waals surface area contributed by atoms with Crippen LogP contribution in [0.25, 0.3) is 0 Å². The third-order valence-corrected chi connectivity index (χ3v) is 3.06. The van der Waals surface area contributed by atoms with Gasteiger partial charge >= 0.3 is 0 Å². The Morgan fingerprint density at radius 1 is 0.800 bits per heavy atom. The third-order valence-electron chi connectivity index (χ3n) is 3.06. The number of rotatable bonds is 4. The minimum absolute atomic E-state index is 0.716. The lowest BCUT2D eigenvalue weighted by molar-refractivity contribution is 0.553. The maximum Gasteiger partial charge on any atom is 0.145 e. The largest absolute Gasteiger partial charge is 0.454 e. The summed E-state index contributed by atoms with van der Waals surface area (Å²) in [6.45, 7) is 8.00. The maximum absolute atomic E-state index is 5.65. The Labute approximate surface area is 151 Å². The SMILES string of the molecule is C1=CC(N=Cc2ccc(C=Nc3ccccc3)o2)=CCC1.CC.CC. The van der Waals surface area contributed by atoms with Gasteiger partial charge in [0, 0.05) is 0 Å². The van der Waals surface area contributed by atoms with Gasteiger partial charge < -0.3 is 4.42 Å². The van der Waals surface area contributed by atoms with Gasteiger partial charge in [-0.1, -0.05) is 58.0 Å². The Morgan fingerprint density at radius 2 is 1.44 bits per heavy atom. The summed E-state index contributed by atoms with van der Waals surface area (Å²) in [6, 6.07) is 13.6. The number of furan rings is 1. The van der Waals surface area contributed by atoms with E-state index in [1.54, 1.807) is 12.4 Å². The molecule has 0 aliphatic heterocycles. The molecule has 0 saturated carbocycles. The molecule has 0 amide bonds. The first-order valence-corrected chi connectivity index (χ1v) is 9.00. The molecule has 0 N–H and O–H groups in total. The van der Waals surface area contributed by atoms with Crippen molar-refractivity contribution < 1.29 is 4.42 Å². The highest BCUT2D eigenvalue weighted by atomic mass is 16.3. The first kappa shape index (κ1) is 20.4. The molecular weight excluding hydrogens is 308 g/mol. The predicted molar refractivity (Wildman–Crippen MR) is 109 cm³/mol. The second-order valence-electron chi connectivity index (χ2n) is 4.70. The summed E-state index contributed by atoms with van der Waals surface area (Å²) >= 11 is 0. The summed E-state index contributed by atoms with van der Waals surface area (Å²) in [5.74, 6) is 1.44. The van der Waals surface area contributed by atoms with Gasteiger partial charge in [-0.25, -0.2) is 0 Å². The molecule has 132 valence electrons. The van der Waals surface area contributed by atoms with Crippen LogP contribution >= 0.6 is 0 Å². The van der Waals surface area contributed by atoms with Crippen molar-refractivity contribution in [2.75, 3.05) is 0 Å². The van der Waals surface area contributed by atoms with Gasteiger partial charge in [-0.05, 0) is 43.2 Å². The molecule has 1 aromatic carbocycles. The third kappa shape index (κ3) is 7.62. The molecule has 0 fully saturated rings. The summed E-state index contributed by atoms with van der Waals surface area (Å²) in [6.07, 6.45) is 11.9. The van der Waals surface area contributed by atoms with Crippen molar-refractivity contribution in [2.45, 2.75) is 40.5 Å². The predicted octanol–water partition coefficient (Wildman–Crippen LogP) is 6.74. The van der Waals surface area contributed by atoms with E-state index in [2.05, 4.69) is 22.1 Å². The van der Waals surface area contributed by atoms with Crippen LogP contribution in [0, 0.1) is 0 Å². The van der Waals surface area contributed by atoms with Crippen molar-refractivity contribution in [1.29, 1.82) is 0 Å². The topological polar surface area (TPSA) is 37.9 Å². The van der Waals surface area contributed by atoms with Crippen molar-refractivity contribution in [1.82, 2.24) is 0 Å². The molecule has 1 aromatic heterocycles. The van der Waals surface area contributed by atoms with Crippen molar-refractivity contribution in [3.63, 3.8) is 0 Å².